The Morgan fingerprint density at radius 3 is 1.71 bits per heavy atom. The van der Waals surface area contributed by atoms with Crippen molar-refractivity contribution in [1.82, 2.24) is 4.57 Å². The maximum Gasteiger partial charge on any atom is 0.136 e. The van der Waals surface area contributed by atoms with E-state index in [1.807, 2.05) is 12.1 Å². The lowest BCUT2D eigenvalue weighted by molar-refractivity contribution is 0.669. The van der Waals surface area contributed by atoms with Crippen molar-refractivity contribution < 1.29 is 4.42 Å². The van der Waals surface area contributed by atoms with Crippen LogP contribution in [0.15, 0.2) is 223 Å². The molecule has 0 amide bonds. The van der Waals surface area contributed by atoms with Gasteiger partial charge in [0.05, 0.1) is 22.4 Å². The van der Waals surface area contributed by atoms with Gasteiger partial charge in [-0.3, -0.25) is 0 Å². The molecule has 12 aromatic rings. The molecule has 0 radical (unpaired) electrons. The van der Waals surface area contributed by atoms with Crippen molar-refractivity contribution in [2.75, 3.05) is 4.90 Å². The van der Waals surface area contributed by atoms with Gasteiger partial charge in [-0.05, 0) is 99.4 Å². The Morgan fingerprint density at radius 2 is 0.898 bits per heavy atom. The molecule has 12 rings (SSSR count). The molecular formula is C56H36N2O. The van der Waals surface area contributed by atoms with Crippen molar-refractivity contribution in [1.29, 1.82) is 0 Å². The number of anilines is 3. The summed E-state index contributed by atoms with van der Waals surface area (Å²) in [7, 11) is 0. The van der Waals surface area contributed by atoms with Gasteiger partial charge in [0.1, 0.15) is 11.2 Å². The number of aromatic nitrogens is 1. The molecule has 0 spiro atoms. The van der Waals surface area contributed by atoms with Crippen LogP contribution in [0.1, 0.15) is 0 Å². The smallest absolute Gasteiger partial charge is 0.136 e. The molecule has 3 heteroatoms. The molecule has 0 saturated carbocycles. The Labute approximate surface area is 341 Å². The summed E-state index contributed by atoms with van der Waals surface area (Å²) >= 11 is 0. The predicted molar refractivity (Wildman–Crippen MR) is 249 cm³/mol. The van der Waals surface area contributed by atoms with Crippen molar-refractivity contribution in [2.45, 2.75) is 0 Å². The average Bonchev–Trinajstić information content (AvgIpc) is 3.85. The van der Waals surface area contributed by atoms with E-state index >= 15 is 0 Å². The fraction of sp³-hybridized carbons (Fsp3) is 0. The molecule has 0 fully saturated rings. The lowest BCUT2D eigenvalue weighted by Crippen LogP contribution is -2.11. The highest BCUT2D eigenvalue weighted by molar-refractivity contribution is 6.11. The van der Waals surface area contributed by atoms with Crippen LogP contribution in [0.2, 0.25) is 0 Å². The summed E-state index contributed by atoms with van der Waals surface area (Å²) in [6, 6.07) is 78.8. The second-order valence-electron chi connectivity index (χ2n) is 15.3. The lowest BCUT2D eigenvalue weighted by Gasteiger charge is -2.28. The standard InChI is InChI=1S/C56H36N2O/c1-2-14-43-37(13-1)25-26-39-35-42(32-34-44(39)43)57(51-20-8-4-16-46(51)40-29-33-50-49-19-7-12-24-55(49)59-56(50)36-40)41-30-27-38(28-31-41)45-15-3-9-21-52(45)58-53-22-10-5-17-47(53)48-18-6-11-23-54(48)58/h1-36H. The zero-order chi connectivity index (χ0) is 38.9. The lowest BCUT2D eigenvalue weighted by atomic mass is 9.98. The van der Waals surface area contributed by atoms with E-state index in [4.69, 9.17) is 4.42 Å². The van der Waals surface area contributed by atoms with E-state index in [1.54, 1.807) is 0 Å². The normalized spacial score (nSPS) is 11.7. The number of fused-ring (bicyclic) bond motifs is 9. The van der Waals surface area contributed by atoms with Gasteiger partial charge >= 0.3 is 0 Å². The minimum atomic E-state index is 0.883. The van der Waals surface area contributed by atoms with Crippen LogP contribution < -0.4 is 4.90 Å². The first kappa shape index (κ1) is 33.3. The molecule has 276 valence electrons. The van der Waals surface area contributed by atoms with Gasteiger partial charge in [-0.25, -0.2) is 0 Å². The summed E-state index contributed by atoms with van der Waals surface area (Å²) in [6.07, 6.45) is 0. The fourth-order valence-electron chi connectivity index (χ4n) is 9.26. The monoisotopic (exact) mass is 752 g/mol. The third-order valence-corrected chi connectivity index (χ3v) is 12.0. The number of furan rings is 1. The molecule has 0 saturated heterocycles. The van der Waals surface area contributed by atoms with Crippen LogP contribution in [0.5, 0.6) is 0 Å². The zero-order valence-electron chi connectivity index (χ0n) is 32.1. The molecule has 59 heavy (non-hydrogen) atoms. The first-order valence-electron chi connectivity index (χ1n) is 20.2. The van der Waals surface area contributed by atoms with E-state index in [-0.39, 0.29) is 0 Å². The second kappa shape index (κ2) is 13.4. The number of hydrogen-bond donors (Lipinski definition) is 0. The molecular weight excluding hydrogens is 717 g/mol. The Balaban J connectivity index is 1.03. The van der Waals surface area contributed by atoms with Crippen LogP contribution in [-0.2, 0) is 0 Å². The van der Waals surface area contributed by atoms with E-state index < -0.39 is 0 Å². The maximum absolute atomic E-state index is 6.39. The van der Waals surface area contributed by atoms with E-state index in [2.05, 4.69) is 216 Å². The largest absolute Gasteiger partial charge is 0.456 e. The third-order valence-electron chi connectivity index (χ3n) is 12.0. The summed E-state index contributed by atoms with van der Waals surface area (Å²) in [5.41, 5.74) is 13.1. The van der Waals surface area contributed by atoms with Crippen molar-refractivity contribution in [3.8, 4) is 27.9 Å². The van der Waals surface area contributed by atoms with Crippen LogP contribution in [-0.4, -0.2) is 4.57 Å². The predicted octanol–water partition coefficient (Wildman–Crippen LogP) is 15.8. The summed E-state index contributed by atoms with van der Waals surface area (Å²) in [4.78, 5) is 2.40. The molecule has 0 aliphatic rings. The molecule has 0 unspecified atom stereocenters. The van der Waals surface area contributed by atoms with Gasteiger partial charge in [0.25, 0.3) is 0 Å². The summed E-state index contributed by atoms with van der Waals surface area (Å²) in [6.45, 7) is 0. The second-order valence-corrected chi connectivity index (χ2v) is 15.3. The van der Waals surface area contributed by atoms with Gasteiger partial charge in [-0.2, -0.15) is 0 Å². The summed E-state index contributed by atoms with van der Waals surface area (Å²) in [5, 5.41) is 9.71. The SMILES string of the molecule is c1ccc(N(c2ccc(-c3ccccc3-n3c4ccccc4c4ccccc43)cc2)c2ccc3c(ccc4ccccc43)c2)c(-c2ccc3c(c2)oc2ccccc23)c1. The van der Waals surface area contributed by atoms with Crippen LogP contribution in [0.4, 0.5) is 17.1 Å². The molecule has 10 aromatic carbocycles. The molecule has 0 N–H and O–H groups in total. The van der Waals surface area contributed by atoms with Crippen LogP contribution in [0.3, 0.4) is 0 Å². The highest BCUT2D eigenvalue weighted by Gasteiger charge is 2.20. The number of nitrogens with zero attached hydrogens (tertiary/aromatic N) is 2. The Hall–Kier alpha value is -7.88. The molecule has 0 aliphatic heterocycles. The first-order chi connectivity index (χ1) is 29.3. The molecule has 2 aromatic heterocycles. The van der Waals surface area contributed by atoms with Crippen LogP contribution in [0, 0.1) is 0 Å². The topological polar surface area (TPSA) is 21.3 Å². The van der Waals surface area contributed by atoms with Crippen molar-refractivity contribution in [3.05, 3.63) is 218 Å². The van der Waals surface area contributed by atoms with E-state index in [0.717, 1.165) is 61.4 Å². The minimum Gasteiger partial charge on any atom is -0.456 e. The molecule has 3 nitrogen and oxygen atoms in total. The number of rotatable bonds is 6. The van der Waals surface area contributed by atoms with Gasteiger partial charge in [0.2, 0.25) is 0 Å². The summed E-state index contributed by atoms with van der Waals surface area (Å²) < 4.78 is 8.80. The molecule has 0 aliphatic carbocycles. The third kappa shape index (κ3) is 5.36. The van der Waals surface area contributed by atoms with Gasteiger partial charge in [0, 0.05) is 44.0 Å². The highest BCUT2D eigenvalue weighted by Crippen LogP contribution is 2.44. The first-order valence-corrected chi connectivity index (χ1v) is 20.2. The molecule has 0 atom stereocenters. The minimum absolute atomic E-state index is 0.883. The van der Waals surface area contributed by atoms with Crippen LogP contribution >= 0.6 is 0 Å². The Morgan fingerprint density at radius 1 is 0.339 bits per heavy atom. The molecule has 0 bridgehead atoms. The van der Waals surface area contributed by atoms with Crippen molar-refractivity contribution in [3.63, 3.8) is 0 Å². The highest BCUT2D eigenvalue weighted by atomic mass is 16.3. The average molecular weight is 753 g/mol. The van der Waals surface area contributed by atoms with E-state index in [0.29, 0.717) is 0 Å². The quantitative estimate of drug-likeness (QED) is 0.158. The number of para-hydroxylation sites is 5. The van der Waals surface area contributed by atoms with Gasteiger partial charge in [-0.1, -0.05) is 152 Å². The fourth-order valence-corrected chi connectivity index (χ4v) is 9.26. The maximum atomic E-state index is 6.39. The number of benzene rings is 10. The number of hydrogen-bond acceptors (Lipinski definition) is 2. The van der Waals surface area contributed by atoms with Crippen molar-refractivity contribution >= 4 is 82.4 Å². The van der Waals surface area contributed by atoms with Crippen molar-refractivity contribution in [2.24, 2.45) is 0 Å². The Bertz CT molecular complexity index is 3520. The molecule has 2 heterocycles. The van der Waals surface area contributed by atoms with E-state index in [9.17, 15) is 0 Å². The van der Waals surface area contributed by atoms with Gasteiger partial charge < -0.3 is 13.9 Å². The van der Waals surface area contributed by atoms with E-state index in [1.165, 1.54) is 48.9 Å². The van der Waals surface area contributed by atoms with Gasteiger partial charge in [-0.15, -0.1) is 0 Å². The van der Waals surface area contributed by atoms with Gasteiger partial charge in [0.15, 0.2) is 0 Å². The zero-order valence-corrected chi connectivity index (χ0v) is 32.1. The van der Waals surface area contributed by atoms with Crippen LogP contribution in [0.25, 0.3) is 93.2 Å². The summed E-state index contributed by atoms with van der Waals surface area (Å²) in [5.74, 6) is 0. The Kier molecular flexibility index (Phi) is 7.54.